The Bertz CT molecular complexity index is 1400. The maximum atomic E-state index is 12.4. The Kier molecular flexibility index (Phi) is 9.68. The summed E-state index contributed by atoms with van der Waals surface area (Å²) in [4.78, 5) is -0.133. The topological polar surface area (TPSA) is 130 Å². The first-order chi connectivity index (χ1) is 18.5. The molecule has 3 aromatic rings. The molecule has 1 aliphatic heterocycles. The Morgan fingerprint density at radius 2 is 1.15 bits per heavy atom. The summed E-state index contributed by atoms with van der Waals surface area (Å²) in [5.74, 6) is 0.523. The van der Waals surface area contributed by atoms with Crippen LogP contribution in [0, 0.1) is 19.3 Å². The number of halogens is 3. The molecular formula is C27H30F3NO7S2. The van der Waals surface area contributed by atoms with E-state index >= 15 is 0 Å². The molecular weight excluding hydrogens is 571 g/mol. The summed E-state index contributed by atoms with van der Waals surface area (Å²) < 4.78 is 102. The van der Waals surface area contributed by atoms with Gasteiger partial charge in [-0.3, -0.25) is 9.11 Å². The first kappa shape index (κ1) is 31.6. The van der Waals surface area contributed by atoms with Crippen molar-refractivity contribution < 1.29 is 43.8 Å². The molecule has 0 bridgehead atoms. The van der Waals surface area contributed by atoms with Crippen molar-refractivity contribution in [3.63, 3.8) is 0 Å². The van der Waals surface area contributed by atoms with E-state index in [1.54, 1.807) is 24.3 Å². The summed E-state index contributed by atoms with van der Waals surface area (Å²) in [7, 11) is -8.04. The fourth-order valence-corrected chi connectivity index (χ4v) is 5.05. The van der Waals surface area contributed by atoms with Crippen LogP contribution in [0.15, 0.2) is 82.6 Å². The van der Waals surface area contributed by atoms with Gasteiger partial charge >= 0.3 is 6.18 Å². The predicted molar refractivity (Wildman–Crippen MR) is 142 cm³/mol. The van der Waals surface area contributed by atoms with Crippen molar-refractivity contribution in [1.29, 1.82) is 0 Å². The van der Waals surface area contributed by atoms with Crippen molar-refractivity contribution in [2.75, 3.05) is 13.1 Å². The van der Waals surface area contributed by atoms with Crippen molar-refractivity contribution >= 4 is 20.2 Å². The lowest BCUT2D eigenvalue weighted by Crippen LogP contribution is -2.62. The molecule has 1 aliphatic carbocycles. The molecule has 13 heteroatoms. The van der Waals surface area contributed by atoms with Gasteiger partial charge in [0.1, 0.15) is 5.75 Å². The largest absolute Gasteiger partial charge is 0.490 e. The molecule has 0 radical (unpaired) electrons. The number of hydrogen-bond acceptors (Lipinski definition) is 6. The van der Waals surface area contributed by atoms with E-state index in [1.807, 2.05) is 13.8 Å². The highest BCUT2D eigenvalue weighted by atomic mass is 32.2. The lowest BCUT2D eigenvalue weighted by Gasteiger charge is -2.53. The Labute approximate surface area is 231 Å². The second kappa shape index (κ2) is 12.3. The zero-order valence-corrected chi connectivity index (χ0v) is 23.4. The van der Waals surface area contributed by atoms with Gasteiger partial charge in [-0.15, -0.1) is 0 Å². The first-order valence-corrected chi connectivity index (χ1v) is 15.0. The van der Waals surface area contributed by atoms with Crippen LogP contribution >= 0.6 is 0 Å². The molecule has 3 aromatic carbocycles. The zero-order valence-electron chi connectivity index (χ0n) is 21.7. The molecule has 1 heterocycles. The van der Waals surface area contributed by atoms with Crippen LogP contribution in [0.2, 0.25) is 0 Å². The molecule has 40 heavy (non-hydrogen) atoms. The lowest BCUT2D eigenvalue weighted by molar-refractivity contribution is -0.137. The van der Waals surface area contributed by atoms with E-state index < -0.39 is 32.0 Å². The standard InChI is InChI=1S/C13H14F3NO.2C7H8O3S/c14-13(15,16)9-1-3-10(4-2-9)18-11-5-12(6-11)7-17-8-12;2*1-6-2-4-7(5-3-6)11(8,9)10/h1-4,11,17H,5-8H2;2*2-5H,1H3,(H,8,9,10). The summed E-state index contributed by atoms with van der Waals surface area (Å²) in [6, 6.07) is 16.9. The number of aryl methyl sites for hydroxylation is 2. The van der Waals surface area contributed by atoms with Crippen molar-refractivity contribution in [1.82, 2.24) is 5.32 Å². The molecule has 0 amide bonds. The van der Waals surface area contributed by atoms with Crippen molar-refractivity contribution in [2.24, 2.45) is 5.41 Å². The smallest absolute Gasteiger partial charge is 0.416 e. The van der Waals surface area contributed by atoms with E-state index in [9.17, 15) is 30.0 Å². The third-order valence-corrected chi connectivity index (χ3v) is 8.18. The molecule has 0 unspecified atom stereocenters. The number of alkyl halides is 3. The molecule has 1 spiro atoms. The van der Waals surface area contributed by atoms with Crippen molar-refractivity contribution in [3.8, 4) is 5.75 Å². The molecule has 218 valence electrons. The van der Waals surface area contributed by atoms with Gasteiger partial charge in [-0.05, 0) is 75.2 Å². The Morgan fingerprint density at radius 1 is 0.750 bits per heavy atom. The average molecular weight is 602 g/mol. The van der Waals surface area contributed by atoms with E-state index in [1.165, 1.54) is 36.4 Å². The number of hydrogen-bond donors (Lipinski definition) is 3. The molecule has 2 fully saturated rings. The van der Waals surface area contributed by atoms with Crippen LogP contribution in [0.3, 0.4) is 0 Å². The quantitative estimate of drug-likeness (QED) is 0.343. The Hall–Kier alpha value is -2.97. The molecule has 0 aromatic heterocycles. The van der Waals surface area contributed by atoms with E-state index in [0.717, 1.165) is 49.2 Å². The van der Waals surface area contributed by atoms with Gasteiger partial charge in [0.25, 0.3) is 20.2 Å². The Morgan fingerprint density at radius 3 is 1.45 bits per heavy atom. The number of benzene rings is 3. The summed E-state index contributed by atoms with van der Waals surface area (Å²) in [5.41, 5.74) is 1.69. The number of rotatable bonds is 4. The van der Waals surface area contributed by atoms with E-state index in [4.69, 9.17) is 13.8 Å². The summed E-state index contributed by atoms with van der Waals surface area (Å²) in [6.45, 7) is 5.77. The Balaban J connectivity index is 0.000000175. The van der Waals surface area contributed by atoms with Crippen molar-refractivity contribution in [3.05, 3.63) is 89.5 Å². The summed E-state index contributed by atoms with van der Waals surface area (Å²) in [6.07, 6.45) is -2.12. The fraction of sp³-hybridized carbons (Fsp3) is 0.333. The van der Waals surface area contributed by atoms with Crippen LogP contribution in [0.4, 0.5) is 13.2 Å². The van der Waals surface area contributed by atoms with Crippen molar-refractivity contribution in [2.45, 2.75) is 48.8 Å². The van der Waals surface area contributed by atoms with E-state index in [-0.39, 0.29) is 15.9 Å². The second-order valence-electron chi connectivity index (χ2n) is 9.85. The van der Waals surface area contributed by atoms with Gasteiger partial charge in [-0.1, -0.05) is 35.4 Å². The van der Waals surface area contributed by atoms with Gasteiger partial charge in [0.2, 0.25) is 0 Å². The highest BCUT2D eigenvalue weighted by molar-refractivity contribution is 7.86. The van der Waals surface area contributed by atoms with Gasteiger partial charge in [-0.2, -0.15) is 30.0 Å². The van der Waals surface area contributed by atoms with Crippen LogP contribution < -0.4 is 10.1 Å². The fourth-order valence-electron chi connectivity index (χ4n) is 4.09. The maximum absolute atomic E-state index is 12.4. The van der Waals surface area contributed by atoms with Crippen LogP contribution in [0.1, 0.15) is 29.5 Å². The minimum Gasteiger partial charge on any atom is -0.490 e. The van der Waals surface area contributed by atoms with E-state index in [0.29, 0.717) is 11.2 Å². The van der Waals surface area contributed by atoms with Crippen LogP contribution in [0.25, 0.3) is 0 Å². The first-order valence-electron chi connectivity index (χ1n) is 12.1. The third kappa shape index (κ3) is 9.03. The molecule has 8 nitrogen and oxygen atoms in total. The minimum atomic E-state index is -4.28. The average Bonchev–Trinajstić information content (AvgIpc) is 2.80. The van der Waals surface area contributed by atoms with Gasteiger partial charge in [-0.25, -0.2) is 0 Å². The molecule has 1 saturated carbocycles. The summed E-state index contributed by atoms with van der Waals surface area (Å²) >= 11 is 0. The minimum absolute atomic E-state index is 0.0666. The number of nitrogens with one attached hydrogen (secondary N) is 1. The van der Waals surface area contributed by atoms with Gasteiger partial charge < -0.3 is 10.1 Å². The van der Waals surface area contributed by atoms with Crippen LogP contribution in [-0.4, -0.2) is 45.1 Å². The van der Waals surface area contributed by atoms with E-state index in [2.05, 4.69) is 5.32 Å². The lowest BCUT2D eigenvalue weighted by atomic mass is 9.63. The molecule has 1 saturated heterocycles. The predicted octanol–water partition coefficient (Wildman–Crippen LogP) is 5.32. The van der Waals surface area contributed by atoms with Gasteiger partial charge in [0, 0.05) is 18.5 Å². The van der Waals surface area contributed by atoms with Gasteiger partial charge in [0.05, 0.1) is 21.5 Å². The molecule has 5 rings (SSSR count). The normalized spacial score (nSPS) is 16.4. The molecule has 3 N–H and O–H groups in total. The highest BCUT2D eigenvalue weighted by Gasteiger charge is 2.49. The maximum Gasteiger partial charge on any atom is 0.416 e. The monoisotopic (exact) mass is 601 g/mol. The molecule has 0 atom stereocenters. The van der Waals surface area contributed by atoms with Crippen LogP contribution in [0.5, 0.6) is 5.75 Å². The SMILES string of the molecule is Cc1ccc(S(=O)(=O)O)cc1.Cc1ccc(S(=O)(=O)O)cc1.FC(F)(F)c1ccc(OC2CC3(CNC3)C2)cc1. The van der Waals surface area contributed by atoms with Crippen LogP contribution in [-0.2, 0) is 26.4 Å². The summed E-state index contributed by atoms with van der Waals surface area (Å²) in [5, 5.41) is 3.23. The third-order valence-electron chi connectivity index (χ3n) is 6.44. The zero-order chi connectivity index (χ0) is 29.8. The highest BCUT2D eigenvalue weighted by Crippen LogP contribution is 2.45. The van der Waals surface area contributed by atoms with Gasteiger partial charge in [0.15, 0.2) is 0 Å². The number of ether oxygens (including phenoxy) is 1. The molecule has 2 aliphatic rings. The second-order valence-corrected chi connectivity index (χ2v) is 12.7.